The maximum Gasteiger partial charge on any atom is 0.134 e. The summed E-state index contributed by atoms with van der Waals surface area (Å²) < 4.78 is 5.32. The second-order valence-corrected chi connectivity index (χ2v) is 4.59. The number of hydrogen-bond donors (Lipinski definition) is 1. The molecule has 1 aliphatic heterocycles. The molecule has 2 heterocycles. The Bertz CT molecular complexity index is 296. The second-order valence-electron chi connectivity index (χ2n) is 3.55. The zero-order valence-electron chi connectivity index (χ0n) is 8.27. The maximum absolute atomic E-state index is 5.88. The zero-order valence-corrected chi connectivity index (χ0v) is 9.09. The van der Waals surface area contributed by atoms with Crippen molar-refractivity contribution in [2.24, 2.45) is 5.73 Å². The van der Waals surface area contributed by atoms with Crippen molar-refractivity contribution < 1.29 is 4.74 Å². The molecule has 0 spiro atoms. The van der Waals surface area contributed by atoms with Gasteiger partial charge < -0.3 is 10.5 Å². The normalized spacial score (nSPS) is 24.0. The summed E-state index contributed by atoms with van der Waals surface area (Å²) in [5.74, 6) is 0.449. The Morgan fingerprint density at radius 2 is 2.50 bits per heavy atom. The van der Waals surface area contributed by atoms with E-state index in [0.717, 1.165) is 36.1 Å². The van der Waals surface area contributed by atoms with Gasteiger partial charge in [0, 0.05) is 12.5 Å². The smallest absolute Gasteiger partial charge is 0.134 e. The van der Waals surface area contributed by atoms with E-state index in [1.54, 1.807) is 11.3 Å². The number of ether oxygens (including phenoxy) is 1. The van der Waals surface area contributed by atoms with Crippen LogP contribution >= 0.6 is 11.3 Å². The highest BCUT2D eigenvalue weighted by Crippen LogP contribution is 2.29. The Labute approximate surface area is 87.5 Å². The molecule has 0 amide bonds. The summed E-state index contributed by atoms with van der Waals surface area (Å²) in [7, 11) is 0. The van der Waals surface area contributed by atoms with E-state index in [-0.39, 0.29) is 6.04 Å². The molecule has 0 aromatic carbocycles. The third-order valence-corrected chi connectivity index (χ3v) is 3.71. The molecular formula is C9H15N3OS. The fourth-order valence-electron chi connectivity index (χ4n) is 1.47. The van der Waals surface area contributed by atoms with E-state index in [1.165, 1.54) is 0 Å². The van der Waals surface area contributed by atoms with Crippen LogP contribution in [-0.2, 0) is 4.74 Å². The fraction of sp³-hybridized carbons (Fsp3) is 0.778. The van der Waals surface area contributed by atoms with E-state index in [4.69, 9.17) is 10.5 Å². The molecule has 14 heavy (non-hydrogen) atoms. The van der Waals surface area contributed by atoms with Crippen LogP contribution in [0.3, 0.4) is 0 Å². The lowest BCUT2D eigenvalue weighted by Crippen LogP contribution is -2.07. The monoisotopic (exact) mass is 213 g/mol. The van der Waals surface area contributed by atoms with E-state index < -0.39 is 0 Å². The number of hydrogen-bond acceptors (Lipinski definition) is 5. The van der Waals surface area contributed by atoms with Crippen LogP contribution in [0.25, 0.3) is 0 Å². The minimum atomic E-state index is 0.0450. The largest absolute Gasteiger partial charge is 0.381 e. The fourth-order valence-corrected chi connectivity index (χ4v) is 2.51. The molecule has 0 aliphatic carbocycles. The molecule has 78 valence electrons. The van der Waals surface area contributed by atoms with Gasteiger partial charge in [0.1, 0.15) is 10.0 Å². The molecule has 1 aliphatic rings. The standard InChI is InChI=1S/C9H15N3OS/c1-2-7(10)9-12-11-8(14-9)6-3-4-13-5-6/h6-7H,2-5,10H2,1H3. The van der Waals surface area contributed by atoms with E-state index in [9.17, 15) is 0 Å². The molecule has 0 bridgehead atoms. The Balaban J connectivity index is 2.08. The van der Waals surface area contributed by atoms with Gasteiger partial charge in [0.2, 0.25) is 0 Å². The van der Waals surface area contributed by atoms with Crippen molar-refractivity contribution in [1.29, 1.82) is 0 Å². The first-order valence-electron chi connectivity index (χ1n) is 4.98. The van der Waals surface area contributed by atoms with Gasteiger partial charge in [-0.15, -0.1) is 10.2 Å². The van der Waals surface area contributed by atoms with Crippen molar-refractivity contribution in [2.45, 2.75) is 31.7 Å². The summed E-state index contributed by atoms with van der Waals surface area (Å²) in [6.07, 6.45) is 1.98. The average molecular weight is 213 g/mol. The lowest BCUT2D eigenvalue weighted by Gasteiger charge is -2.02. The second kappa shape index (κ2) is 4.33. The van der Waals surface area contributed by atoms with Gasteiger partial charge in [0.25, 0.3) is 0 Å². The molecule has 0 radical (unpaired) electrons. The van der Waals surface area contributed by atoms with Gasteiger partial charge in [0.05, 0.1) is 12.6 Å². The van der Waals surface area contributed by atoms with E-state index in [2.05, 4.69) is 17.1 Å². The molecule has 4 nitrogen and oxygen atoms in total. The Morgan fingerprint density at radius 1 is 1.64 bits per heavy atom. The predicted molar refractivity (Wildman–Crippen MR) is 55.3 cm³/mol. The van der Waals surface area contributed by atoms with Gasteiger partial charge in [-0.2, -0.15) is 0 Å². The van der Waals surface area contributed by atoms with Crippen molar-refractivity contribution in [3.05, 3.63) is 10.0 Å². The highest BCUT2D eigenvalue weighted by Gasteiger charge is 2.22. The summed E-state index contributed by atoms with van der Waals surface area (Å²) in [6, 6.07) is 0.0450. The highest BCUT2D eigenvalue weighted by atomic mass is 32.1. The summed E-state index contributed by atoms with van der Waals surface area (Å²) in [6.45, 7) is 3.69. The van der Waals surface area contributed by atoms with Gasteiger partial charge >= 0.3 is 0 Å². The van der Waals surface area contributed by atoms with Crippen LogP contribution in [0, 0.1) is 0 Å². The average Bonchev–Trinajstić information content (AvgIpc) is 2.86. The Kier molecular flexibility index (Phi) is 3.10. The first-order valence-corrected chi connectivity index (χ1v) is 5.79. The van der Waals surface area contributed by atoms with Crippen molar-refractivity contribution in [3.63, 3.8) is 0 Å². The summed E-state index contributed by atoms with van der Waals surface area (Å²) >= 11 is 1.64. The Hall–Kier alpha value is -0.520. The lowest BCUT2D eigenvalue weighted by molar-refractivity contribution is 0.194. The van der Waals surface area contributed by atoms with Crippen molar-refractivity contribution in [1.82, 2.24) is 10.2 Å². The van der Waals surface area contributed by atoms with Crippen LogP contribution in [0.4, 0.5) is 0 Å². The van der Waals surface area contributed by atoms with E-state index in [1.807, 2.05) is 0 Å². The number of aromatic nitrogens is 2. The van der Waals surface area contributed by atoms with E-state index in [0.29, 0.717) is 5.92 Å². The molecule has 2 rings (SSSR count). The Morgan fingerprint density at radius 3 is 3.14 bits per heavy atom. The number of rotatable bonds is 3. The van der Waals surface area contributed by atoms with E-state index >= 15 is 0 Å². The van der Waals surface area contributed by atoms with Crippen LogP contribution in [0.1, 0.15) is 41.7 Å². The number of nitrogens with zero attached hydrogens (tertiary/aromatic N) is 2. The first-order chi connectivity index (χ1) is 6.81. The molecule has 2 unspecified atom stereocenters. The molecule has 1 aromatic heterocycles. The zero-order chi connectivity index (χ0) is 9.97. The molecule has 5 heteroatoms. The van der Waals surface area contributed by atoms with Crippen LogP contribution in [0.5, 0.6) is 0 Å². The summed E-state index contributed by atoms with van der Waals surface area (Å²) in [4.78, 5) is 0. The van der Waals surface area contributed by atoms with Gasteiger partial charge in [-0.3, -0.25) is 0 Å². The van der Waals surface area contributed by atoms with Crippen LogP contribution in [0.2, 0.25) is 0 Å². The van der Waals surface area contributed by atoms with Crippen molar-refractivity contribution in [3.8, 4) is 0 Å². The molecule has 2 atom stereocenters. The topological polar surface area (TPSA) is 61.0 Å². The third-order valence-electron chi connectivity index (χ3n) is 2.49. The SMILES string of the molecule is CCC(N)c1nnc(C2CCOC2)s1. The molecule has 2 N–H and O–H groups in total. The van der Waals surface area contributed by atoms with Gasteiger partial charge in [-0.1, -0.05) is 18.3 Å². The number of nitrogens with two attached hydrogens (primary N) is 1. The molecule has 0 saturated carbocycles. The molecule has 1 aromatic rings. The summed E-state index contributed by atoms with van der Waals surface area (Å²) in [5, 5.41) is 10.3. The quantitative estimate of drug-likeness (QED) is 0.825. The lowest BCUT2D eigenvalue weighted by atomic mass is 10.1. The van der Waals surface area contributed by atoms with Crippen LogP contribution in [0.15, 0.2) is 0 Å². The highest BCUT2D eigenvalue weighted by molar-refractivity contribution is 7.11. The van der Waals surface area contributed by atoms with Gasteiger partial charge in [-0.05, 0) is 12.8 Å². The summed E-state index contributed by atoms with van der Waals surface area (Å²) in [5.41, 5.74) is 5.88. The van der Waals surface area contributed by atoms with Gasteiger partial charge in [-0.25, -0.2) is 0 Å². The molecule has 1 fully saturated rings. The first kappa shape index (κ1) is 10.0. The van der Waals surface area contributed by atoms with Crippen molar-refractivity contribution >= 4 is 11.3 Å². The van der Waals surface area contributed by atoms with Crippen LogP contribution in [-0.4, -0.2) is 23.4 Å². The third kappa shape index (κ3) is 1.94. The molecule has 1 saturated heterocycles. The molecular weight excluding hydrogens is 198 g/mol. The maximum atomic E-state index is 5.88. The van der Waals surface area contributed by atoms with Crippen molar-refractivity contribution in [2.75, 3.05) is 13.2 Å². The van der Waals surface area contributed by atoms with Crippen LogP contribution < -0.4 is 5.73 Å². The minimum Gasteiger partial charge on any atom is -0.381 e. The predicted octanol–water partition coefficient (Wildman–Crippen LogP) is 1.45. The minimum absolute atomic E-state index is 0.0450. The van der Waals surface area contributed by atoms with Gasteiger partial charge in [0.15, 0.2) is 0 Å².